The first-order chi connectivity index (χ1) is 8.65. The molecule has 0 spiro atoms. The van der Waals surface area contributed by atoms with E-state index in [9.17, 15) is 4.79 Å². The summed E-state index contributed by atoms with van der Waals surface area (Å²) in [7, 11) is 1.56. The van der Waals surface area contributed by atoms with Gasteiger partial charge in [0.15, 0.2) is 0 Å². The van der Waals surface area contributed by atoms with Crippen molar-refractivity contribution in [3.63, 3.8) is 0 Å². The molecule has 1 heterocycles. The van der Waals surface area contributed by atoms with Crippen molar-refractivity contribution in [2.75, 3.05) is 39.1 Å². The monoisotopic (exact) mass is 250 g/mol. The van der Waals surface area contributed by atoms with Crippen LogP contribution in [0, 0.1) is 6.92 Å². The molecule has 5 heteroatoms. The summed E-state index contributed by atoms with van der Waals surface area (Å²) in [6, 6.07) is 3.46. The van der Waals surface area contributed by atoms with E-state index >= 15 is 0 Å². The van der Waals surface area contributed by atoms with Crippen molar-refractivity contribution in [2.24, 2.45) is 0 Å². The molecule has 0 unspecified atom stereocenters. The lowest BCUT2D eigenvalue weighted by Crippen LogP contribution is -2.41. The van der Waals surface area contributed by atoms with Gasteiger partial charge in [0.05, 0.1) is 26.0 Å². The van der Waals surface area contributed by atoms with Crippen molar-refractivity contribution in [1.29, 1.82) is 0 Å². The number of anilines is 1. The van der Waals surface area contributed by atoms with Crippen molar-refractivity contribution >= 4 is 11.6 Å². The fourth-order valence-electron chi connectivity index (χ4n) is 2.15. The number of amides is 1. The lowest BCUT2D eigenvalue weighted by atomic mass is 10.0. The maximum atomic E-state index is 12.4. The zero-order chi connectivity index (χ0) is 13.1. The molecule has 0 aromatic heterocycles. The smallest absolute Gasteiger partial charge is 0.254 e. The second-order valence-electron chi connectivity index (χ2n) is 4.27. The van der Waals surface area contributed by atoms with Gasteiger partial charge in [-0.3, -0.25) is 4.79 Å². The van der Waals surface area contributed by atoms with E-state index in [1.807, 2.05) is 6.92 Å². The Morgan fingerprint density at radius 3 is 2.67 bits per heavy atom. The molecule has 2 rings (SSSR count). The number of nitrogen functional groups attached to an aromatic ring is 1. The van der Waals surface area contributed by atoms with Gasteiger partial charge in [-0.05, 0) is 19.1 Å². The normalized spacial score (nSPS) is 15.6. The molecule has 1 aliphatic heterocycles. The zero-order valence-corrected chi connectivity index (χ0v) is 10.7. The van der Waals surface area contributed by atoms with Crippen LogP contribution in [-0.4, -0.2) is 44.2 Å². The van der Waals surface area contributed by atoms with Gasteiger partial charge < -0.3 is 20.1 Å². The van der Waals surface area contributed by atoms with E-state index in [1.165, 1.54) is 0 Å². The van der Waals surface area contributed by atoms with Crippen molar-refractivity contribution < 1.29 is 14.3 Å². The largest absolute Gasteiger partial charge is 0.494 e. The van der Waals surface area contributed by atoms with Crippen LogP contribution in [0.25, 0.3) is 0 Å². The number of carbonyl (C=O) groups excluding carboxylic acids is 1. The Morgan fingerprint density at radius 1 is 1.39 bits per heavy atom. The Labute approximate surface area is 106 Å². The number of methoxy groups -OCH3 is 1. The van der Waals surface area contributed by atoms with Crippen LogP contribution >= 0.6 is 0 Å². The maximum absolute atomic E-state index is 12.4. The van der Waals surface area contributed by atoms with Crippen LogP contribution in [0.5, 0.6) is 5.75 Å². The Kier molecular flexibility index (Phi) is 3.72. The van der Waals surface area contributed by atoms with Gasteiger partial charge in [-0.25, -0.2) is 0 Å². The average molecular weight is 250 g/mol. The number of hydrogen-bond donors (Lipinski definition) is 1. The lowest BCUT2D eigenvalue weighted by molar-refractivity contribution is 0.0302. The number of hydrogen-bond acceptors (Lipinski definition) is 4. The highest BCUT2D eigenvalue weighted by molar-refractivity contribution is 5.97. The van der Waals surface area contributed by atoms with E-state index < -0.39 is 0 Å². The molecule has 1 aromatic carbocycles. The predicted octanol–water partition coefficient (Wildman–Crippen LogP) is 1.06. The Hall–Kier alpha value is -1.75. The van der Waals surface area contributed by atoms with Crippen LogP contribution in [0.15, 0.2) is 12.1 Å². The third kappa shape index (κ3) is 2.26. The number of benzene rings is 1. The van der Waals surface area contributed by atoms with Gasteiger partial charge >= 0.3 is 0 Å². The molecule has 1 aromatic rings. The second kappa shape index (κ2) is 5.27. The molecule has 2 N–H and O–H groups in total. The molecule has 0 aliphatic carbocycles. The predicted molar refractivity (Wildman–Crippen MR) is 68.9 cm³/mol. The molecule has 98 valence electrons. The van der Waals surface area contributed by atoms with Crippen molar-refractivity contribution in [1.82, 2.24) is 4.90 Å². The number of carbonyl (C=O) groups is 1. The summed E-state index contributed by atoms with van der Waals surface area (Å²) in [4.78, 5) is 14.2. The molecule has 5 nitrogen and oxygen atoms in total. The van der Waals surface area contributed by atoms with Crippen molar-refractivity contribution in [2.45, 2.75) is 6.92 Å². The third-order valence-corrected chi connectivity index (χ3v) is 3.17. The lowest BCUT2D eigenvalue weighted by Gasteiger charge is -2.27. The van der Waals surface area contributed by atoms with Gasteiger partial charge in [0, 0.05) is 24.2 Å². The number of nitrogens with two attached hydrogens (primary N) is 1. The fraction of sp³-hybridized carbons (Fsp3) is 0.462. The average Bonchev–Trinajstić information content (AvgIpc) is 2.40. The van der Waals surface area contributed by atoms with Gasteiger partial charge in [0.1, 0.15) is 5.75 Å². The summed E-state index contributed by atoms with van der Waals surface area (Å²) in [5.41, 5.74) is 7.79. The molecule has 1 saturated heterocycles. The SMILES string of the molecule is COc1c(N)ccc(C(=O)N2CCOCC2)c1C. The van der Waals surface area contributed by atoms with Gasteiger partial charge in [0.2, 0.25) is 0 Å². The highest BCUT2D eigenvalue weighted by Crippen LogP contribution is 2.29. The molecule has 1 fully saturated rings. The third-order valence-electron chi connectivity index (χ3n) is 3.17. The zero-order valence-electron chi connectivity index (χ0n) is 10.7. The first-order valence-corrected chi connectivity index (χ1v) is 5.95. The Morgan fingerprint density at radius 2 is 2.06 bits per heavy atom. The van der Waals surface area contributed by atoms with Crippen LogP contribution in [0.4, 0.5) is 5.69 Å². The van der Waals surface area contributed by atoms with Crippen molar-refractivity contribution in [3.8, 4) is 5.75 Å². The summed E-state index contributed by atoms with van der Waals surface area (Å²) in [5.74, 6) is 0.586. The highest BCUT2D eigenvalue weighted by Gasteiger charge is 2.21. The molecule has 18 heavy (non-hydrogen) atoms. The summed E-state index contributed by atoms with van der Waals surface area (Å²) < 4.78 is 10.5. The summed E-state index contributed by atoms with van der Waals surface area (Å²) in [6.07, 6.45) is 0. The number of ether oxygens (including phenoxy) is 2. The minimum Gasteiger partial charge on any atom is -0.494 e. The van der Waals surface area contributed by atoms with E-state index in [0.717, 1.165) is 5.56 Å². The quantitative estimate of drug-likeness (QED) is 0.797. The summed E-state index contributed by atoms with van der Waals surface area (Å²) in [5, 5.41) is 0. The van der Waals surface area contributed by atoms with Crippen LogP contribution in [0.2, 0.25) is 0 Å². The number of rotatable bonds is 2. The van der Waals surface area contributed by atoms with Crippen LogP contribution in [0.1, 0.15) is 15.9 Å². The summed E-state index contributed by atoms with van der Waals surface area (Å²) >= 11 is 0. The van der Waals surface area contributed by atoms with Gasteiger partial charge in [0.25, 0.3) is 5.91 Å². The molecular formula is C13H18N2O3. The van der Waals surface area contributed by atoms with E-state index in [0.29, 0.717) is 43.3 Å². The van der Waals surface area contributed by atoms with E-state index in [-0.39, 0.29) is 5.91 Å². The molecule has 1 amide bonds. The molecule has 1 aliphatic rings. The summed E-state index contributed by atoms with van der Waals surface area (Å²) in [6.45, 7) is 4.30. The minimum atomic E-state index is 0.00843. The van der Waals surface area contributed by atoms with Gasteiger partial charge in [-0.2, -0.15) is 0 Å². The van der Waals surface area contributed by atoms with Crippen LogP contribution in [0.3, 0.4) is 0 Å². The molecule has 0 saturated carbocycles. The highest BCUT2D eigenvalue weighted by atomic mass is 16.5. The first kappa shape index (κ1) is 12.7. The maximum Gasteiger partial charge on any atom is 0.254 e. The second-order valence-corrected chi connectivity index (χ2v) is 4.27. The van der Waals surface area contributed by atoms with Crippen LogP contribution in [-0.2, 0) is 4.74 Å². The molecule has 0 atom stereocenters. The standard InChI is InChI=1S/C13H18N2O3/c1-9-10(3-4-11(14)12(9)17-2)13(16)15-5-7-18-8-6-15/h3-4H,5-8,14H2,1-2H3. The Bertz CT molecular complexity index is 454. The van der Waals surface area contributed by atoms with E-state index in [2.05, 4.69) is 0 Å². The minimum absolute atomic E-state index is 0.00843. The molecule has 0 bridgehead atoms. The molecular weight excluding hydrogens is 232 g/mol. The van der Waals surface area contributed by atoms with Crippen LogP contribution < -0.4 is 10.5 Å². The number of morpholine rings is 1. The topological polar surface area (TPSA) is 64.8 Å². The Balaban J connectivity index is 2.30. The molecule has 0 radical (unpaired) electrons. The fourth-order valence-corrected chi connectivity index (χ4v) is 2.15. The van der Waals surface area contributed by atoms with Gasteiger partial charge in [-0.1, -0.05) is 0 Å². The van der Waals surface area contributed by atoms with E-state index in [1.54, 1.807) is 24.1 Å². The van der Waals surface area contributed by atoms with Gasteiger partial charge in [-0.15, -0.1) is 0 Å². The van der Waals surface area contributed by atoms with E-state index in [4.69, 9.17) is 15.2 Å². The van der Waals surface area contributed by atoms with Crippen molar-refractivity contribution in [3.05, 3.63) is 23.3 Å². The first-order valence-electron chi connectivity index (χ1n) is 5.95. The number of nitrogens with zero attached hydrogens (tertiary/aromatic N) is 1.